The molecule has 1 rings (SSSR count). The number of hydrogen-bond donors (Lipinski definition) is 1. The van der Waals surface area contributed by atoms with Crippen LogP contribution in [-0.2, 0) is 13.1 Å². The highest BCUT2D eigenvalue weighted by Crippen LogP contribution is 2.16. The number of furan rings is 1. The van der Waals surface area contributed by atoms with Gasteiger partial charge in [-0.1, -0.05) is 12.2 Å². The molecule has 0 bridgehead atoms. The van der Waals surface area contributed by atoms with Gasteiger partial charge in [-0.15, -0.1) is 0 Å². The van der Waals surface area contributed by atoms with E-state index in [4.69, 9.17) is 4.42 Å². The van der Waals surface area contributed by atoms with Gasteiger partial charge in [0.2, 0.25) is 0 Å². The lowest BCUT2D eigenvalue weighted by Gasteiger charge is -2.15. The summed E-state index contributed by atoms with van der Waals surface area (Å²) in [6.45, 7) is 10.6. The van der Waals surface area contributed by atoms with Crippen LogP contribution >= 0.6 is 0 Å². The summed E-state index contributed by atoms with van der Waals surface area (Å²) in [6, 6.07) is 2.13. The minimum atomic E-state index is 0.783. The van der Waals surface area contributed by atoms with Gasteiger partial charge >= 0.3 is 0 Å². The Bertz CT molecular complexity index is 355. The van der Waals surface area contributed by atoms with Crippen LogP contribution < -0.4 is 5.32 Å². The van der Waals surface area contributed by atoms with Gasteiger partial charge in [0, 0.05) is 18.7 Å². The predicted molar refractivity (Wildman–Crippen MR) is 67.4 cm³/mol. The molecule has 1 aromatic rings. The van der Waals surface area contributed by atoms with Crippen LogP contribution in [0, 0.1) is 6.92 Å². The topological polar surface area (TPSA) is 28.4 Å². The molecule has 0 aliphatic carbocycles. The number of rotatable bonds is 6. The fourth-order valence-electron chi connectivity index (χ4n) is 1.81. The molecule has 0 saturated heterocycles. The van der Waals surface area contributed by atoms with Crippen LogP contribution in [-0.4, -0.2) is 25.5 Å². The maximum absolute atomic E-state index is 5.65. The summed E-state index contributed by atoms with van der Waals surface area (Å²) in [5, 5.41) is 3.09. The van der Waals surface area contributed by atoms with Crippen molar-refractivity contribution in [3.05, 3.63) is 35.3 Å². The average Bonchev–Trinajstić information content (AvgIpc) is 2.46. The molecule has 0 saturated carbocycles. The lowest BCUT2D eigenvalue weighted by atomic mass is 10.2. The van der Waals surface area contributed by atoms with E-state index in [9.17, 15) is 0 Å². The van der Waals surface area contributed by atoms with Crippen molar-refractivity contribution in [2.24, 2.45) is 0 Å². The molecule has 0 fully saturated rings. The molecule has 16 heavy (non-hydrogen) atoms. The van der Waals surface area contributed by atoms with Crippen molar-refractivity contribution in [3.63, 3.8) is 0 Å². The first-order chi connectivity index (χ1) is 7.52. The fourth-order valence-corrected chi connectivity index (χ4v) is 1.81. The Hall–Kier alpha value is -1.06. The Morgan fingerprint density at radius 2 is 2.25 bits per heavy atom. The maximum Gasteiger partial charge on any atom is 0.118 e. The standard InChI is InChI=1S/C13H22N2O/c1-10(2)8-15(5)9-12-6-13(7-14-4)16-11(12)3/h6,14H,1,7-9H2,2-5H3. The molecule has 1 N–H and O–H groups in total. The summed E-state index contributed by atoms with van der Waals surface area (Å²) in [6.07, 6.45) is 0. The smallest absolute Gasteiger partial charge is 0.118 e. The Morgan fingerprint density at radius 3 is 2.81 bits per heavy atom. The van der Waals surface area contributed by atoms with Crippen molar-refractivity contribution in [1.82, 2.24) is 10.2 Å². The Labute approximate surface area is 98.1 Å². The molecule has 0 aromatic carbocycles. The van der Waals surface area contributed by atoms with E-state index in [1.54, 1.807) is 0 Å². The second-order valence-electron chi connectivity index (χ2n) is 4.45. The van der Waals surface area contributed by atoms with E-state index in [1.807, 2.05) is 20.9 Å². The number of nitrogens with zero attached hydrogens (tertiary/aromatic N) is 1. The molecule has 0 spiro atoms. The van der Waals surface area contributed by atoms with Crippen LogP contribution in [0.3, 0.4) is 0 Å². The molecule has 0 aliphatic heterocycles. The lowest BCUT2D eigenvalue weighted by molar-refractivity contribution is 0.351. The zero-order valence-electron chi connectivity index (χ0n) is 10.8. The fraction of sp³-hybridized carbons (Fsp3) is 0.538. The number of hydrogen-bond acceptors (Lipinski definition) is 3. The third kappa shape index (κ3) is 3.83. The van der Waals surface area contributed by atoms with Gasteiger partial charge in [0.15, 0.2) is 0 Å². The van der Waals surface area contributed by atoms with Gasteiger partial charge in [0.1, 0.15) is 11.5 Å². The van der Waals surface area contributed by atoms with Gasteiger partial charge in [0.05, 0.1) is 6.54 Å². The molecule has 3 heteroatoms. The average molecular weight is 222 g/mol. The van der Waals surface area contributed by atoms with E-state index in [0.717, 1.165) is 31.2 Å². The summed E-state index contributed by atoms with van der Waals surface area (Å²) in [5.41, 5.74) is 2.44. The number of nitrogens with one attached hydrogen (secondary N) is 1. The Balaban J connectivity index is 2.62. The second kappa shape index (κ2) is 5.87. The zero-order valence-corrected chi connectivity index (χ0v) is 10.8. The van der Waals surface area contributed by atoms with E-state index in [-0.39, 0.29) is 0 Å². The summed E-state index contributed by atoms with van der Waals surface area (Å²) < 4.78 is 5.65. The van der Waals surface area contributed by atoms with Crippen molar-refractivity contribution >= 4 is 0 Å². The number of likely N-dealkylation sites (N-methyl/N-ethyl adjacent to an activating group) is 1. The molecule has 90 valence electrons. The van der Waals surface area contributed by atoms with E-state index < -0.39 is 0 Å². The molecule has 0 atom stereocenters. The van der Waals surface area contributed by atoms with Gasteiger partial charge in [-0.2, -0.15) is 0 Å². The molecule has 0 unspecified atom stereocenters. The highest BCUT2D eigenvalue weighted by Gasteiger charge is 2.09. The maximum atomic E-state index is 5.65. The van der Waals surface area contributed by atoms with Gasteiger partial charge in [-0.25, -0.2) is 0 Å². The third-order valence-corrected chi connectivity index (χ3v) is 2.40. The van der Waals surface area contributed by atoms with Gasteiger partial charge in [0.25, 0.3) is 0 Å². The van der Waals surface area contributed by atoms with Crippen molar-refractivity contribution in [2.75, 3.05) is 20.6 Å². The first kappa shape index (κ1) is 13.0. The van der Waals surface area contributed by atoms with Crippen LogP contribution in [0.2, 0.25) is 0 Å². The van der Waals surface area contributed by atoms with E-state index in [1.165, 1.54) is 11.1 Å². The molecule has 0 amide bonds. The highest BCUT2D eigenvalue weighted by atomic mass is 16.3. The first-order valence-electron chi connectivity index (χ1n) is 5.58. The first-order valence-corrected chi connectivity index (χ1v) is 5.58. The number of aryl methyl sites for hydroxylation is 1. The normalized spacial score (nSPS) is 11.1. The predicted octanol–water partition coefficient (Wildman–Crippen LogP) is 2.32. The van der Waals surface area contributed by atoms with Crippen LogP contribution in [0.15, 0.2) is 22.6 Å². The molecular formula is C13H22N2O. The van der Waals surface area contributed by atoms with Crippen LogP contribution in [0.5, 0.6) is 0 Å². The second-order valence-corrected chi connectivity index (χ2v) is 4.45. The van der Waals surface area contributed by atoms with Crippen LogP contribution in [0.1, 0.15) is 24.0 Å². The Kier molecular flexibility index (Phi) is 4.77. The Morgan fingerprint density at radius 1 is 1.56 bits per heavy atom. The van der Waals surface area contributed by atoms with Crippen LogP contribution in [0.25, 0.3) is 0 Å². The molecule has 1 aromatic heterocycles. The van der Waals surface area contributed by atoms with Crippen molar-refractivity contribution in [3.8, 4) is 0 Å². The summed E-state index contributed by atoms with van der Waals surface area (Å²) in [5.74, 6) is 2.01. The minimum Gasteiger partial charge on any atom is -0.465 e. The summed E-state index contributed by atoms with van der Waals surface area (Å²) in [4.78, 5) is 2.24. The molecule has 3 nitrogen and oxygen atoms in total. The SMILES string of the molecule is C=C(C)CN(C)Cc1cc(CNC)oc1C. The van der Waals surface area contributed by atoms with Gasteiger partial charge in [-0.05, 0) is 34.0 Å². The van der Waals surface area contributed by atoms with Gasteiger partial charge < -0.3 is 9.73 Å². The van der Waals surface area contributed by atoms with Gasteiger partial charge in [-0.3, -0.25) is 4.90 Å². The van der Waals surface area contributed by atoms with E-state index in [2.05, 4.69) is 29.9 Å². The molecule has 0 aliphatic rings. The summed E-state index contributed by atoms with van der Waals surface area (Å²) >= 11 is 0. The van der Waals surface area contributed by atoms with E-state index in [0.29, 0.717) is 0 Å². The largest absolute Gasteiger partial charge is 0.465 e. The van der Waals surface area contributed by atoms with Crippen molar-refractivity contribution in [2.45, 2.75) is 26.9 Å². The van der Waals surface area contributed by atoms with Crippen molar-refractivity contribution < 1.29 is 4.42 Å². The third-order valence-electron chi connectivity index (χ3n) is 2.40. The molecule has 0 radical (unpaired) electrons. The summed E-state index contributed by atoms with van der Waals surface area (Å²) in [7, 11) is 4.02. The quantitative estimate of drug-likeness (QED) is 0.749. The van der Waals surface area contributed by atoms with Crippen LogP contribution in [0.4, 0.5) is 0 Å². The monoisotopic (exact) mass is 222 g/mol. The van der Waals surface area contributed by atoms with E-state index >= 15 is 0 Å². The molecular weight excluding hydrogens is 200 g/mol. The zero-order chi connectivity index (χ0) is 12.1. The van der Waals surface area contributed by atoms with Crippen molar-refractivity contribution in [1.29, 1.82) is 0 Å². The lowest BCUT2D eigenvalue weighted by Crippen LogP contribution is -2.19. The minimum absolute atomic E-state index is 0.783. The highest BCUT2D eigenvalue weighted by molar-refractivity contribution is 5.20. The molecule has 1 heterocycles.